The van der Waals surface area contributed by atoms with Gasteiger partial charge in [0.15, 0.2) is 5.95 Å². The smallest absolute Gasteiger partial charge is 0.323 e. The van der Waals surface area contributed by atoms with Crippen molar-refractivity contribution in [2.75, 3.05) is 76.6 Å². The minimum atomic E-state index is -4.34. The molecular formula is C54H66N12O14S3. The molecule has 0 fully saturated rings. The van der Waals surface area contributed by atoms with E-state index in [1.807, 2.05) is 18.5 Å². The van der Waals surface area contributed by atoms with Gasteiger partial charge in [-0.1, -0.05) is 42.5 Å². The summed E-state index contributed by atoms with van der Waals surface area (Å²) in [7, 11) is -12.4. The van der Waals surface area contributed by atoms with Gasteiger partial charge in [-0.2, -0.15) is 23.3 Å². The number of nitrogens with one attached hydrogen (secondary N) is 7. The maximum atomic E-state index is 13.2. The van der Waals surface area contributed by atoms with Crippen LogP contribution in [0.2, 0.25) is 0 Å². The van der Waals surface area contributed by atoms with Gasteiger partial charge in [0.25, 0.3) is 21.9 Å². The highest BCUT2D eigenvalue weighted by Crippen LogP contribution is 2.24. The third-order valence-corrected chi connectivity index (χ3v) is 15.8. The van der Waals surface area contributed by atoms with Crippen molar-refractivity contribution in [3.05, 3.63) is 145 Å². The number of rotatable bonds is 33. The van der Waals surface area contributed by atoms with E-state index >= 15 is 0 Å². The van der Waals surface area contributed by atoms with Crippen LogP contribution in [0, 0.1) is 0 Å². The predicted octanol–water partition coefficient (Wildman–Crippen LogP) is 4.74. The molecule has 0 saturated heterocycles. The van der Waals surface area contributed by atoms with E-state index in [9.17, 15) is 49.3 Å². The topological polar surface area (TPSA) is 366 Å². The number of hydrogen-bond donors (Lipinski definition) is 9. The molecule has 29 heteroatoms. The molecule has 1 unspecified atom stereocenters. The summed E-state index contributed by atoms with van der Waals surface area (Å²) >= 11 is 0. The molecule has 3 aromatic heterocycles. The monoisotopic (exact) mass is 1200 g/mol. The van der Waals surface area contributed by atoms with Crippen LogP contribution in [0.4, 0.5) is 11.8 Å². The van der Waals surface area contributed by atoms with Gasteiger partial charge in [-0.05, 0) is 105 Å². The first-order chi connectivity index (χ1) is 39.9. The van der Waals surface area contributed by atoms with Crippen LogP contribution in [0.5, 0.6) is 0 Å². The standard InChI is InChI=1S/C36H44N8O9S2.C18H22N4O5S/c1-2-52-21-22-53-20-4-16-42-54(48,49)30-10-5-26(6-11-30)27-7-12-31(13-8-27)55(50,51)43-32(35(46)47)25-40-34(45)28-9-14-33-29(23-28)24-41-44(33)19-3-15-37-36-38-17-18-39-36;1-2-27-11-5-10-19-18(23)15-8-9-17(20-12-15)22-21-13-14-6-3-4-7-16(14)28(24,25)26/h5-14,17-18,23-24,32,42-43H,2-4,15-16,19-22,25H2,1H3,(H,40,45)(H,46,47)(H2,37,38,39);3-4,6-9,12-13H,2,5,10-11H2,1H3,(H,19,23)(H,20,22)(H,24,25,26)/b;21-13+. The number of carboxylic acid groups (broad SMARTS) is 1. The first kappa shape index (κ1) is 64.2. The minimum Gasteiger partial charge on any atom is -0.480 e. The molecule has 0 bridgehead atoms. The number of anilines is 2. The molecular weight excluding hydrogens is 1140 g/mol. The van der Waals surface area contributed by atoms with E-state index in [0.29, 0.717) is 99.5 Å². The molecule has 2 amide bonds. The van der Waals surface area contributed by atoms with Gasteiger partial charge in [0.1, 0.15) is 16.8 Å². The highest BCUT2D eigenvalue weighted by atomic mass is 32.2. The Morgan fingerprint density at radius 1 is 0.711 bits per heavy atom. The van der Waals surface area contributed by atoms with Crippen molar-refractivity contribution in [1.82, 2.24) is 44.8 Å². The second-order valence-electron chi connectivity index (χ2n) is 17.8. The van der Waals surface area contributed by atoms with Crippen LogP contribution in [0.25, 0.3) is 22.0 Å². The van der Waals surface area contributed by atoms with Crippen molar-refractivity contribution < 1.29 is 63.5 Å². The number of amides is 2. The molecule has 4 aromatic carbocycles. The second kappa shape index (κ2) is 32.0. The fourth-order valence-electron chi connectivity index (χ4n) is 7.62. The first-order valence-electron chi connectivity index (χ1n) is 26.1. The summed E-state index contributed by atoms with van der Waals surface area (Å²) in [5, 5.41) is 27.3. The molecule has 3 heterocycles. The zero-order chi connectivity index (χ0) is 59.7. The fourth-order valence-corrected chi connectivity index (χ4v) is 10.6. The van der Waals surface area contributed by atoms with Gasteiger partial charge in [0.2, 0.25) is 20.0 Å². The molecule has 1 atom stereocenters. The number of carbonyl (C=O) groups excluding carboxylic acids is 2. The number of nitrogens with zero attached hydrogens (tertiary/aromatic N) is 5. The van der Waals surface area contributed by atoms with Gasteiger partial charge in [0.05, 0.1) is 46.5 Å². The maximum absolute atomic E-state index is 13.2. The number of carbonyl (C=O) groups is 3. The Labute approximate surface area is 480 Å². The molecule has 7 aromatic rings. The number of aryl methyl sites for hydroxylation is 1. The average molecular weight is 1200 g/mol. The number of pyridine rings is 1. The number of ether oxygens (including phenoxy) is 3. The number of aromatic nitrogens is 5. The lowest BCUT2D eigenvalue weighted by Gasteiger charge is -2.16. The Balaban J connectivity index is 0.000000331. The molecule has 83 heavy (non-hydrogen) atoms. The number of hydrogen-bond acceptors (Lipinski definition) is 18. The number of imidazole rings is 1. The summed E-state index contributed by atoms with van der Waals surface area (Å²) in [4.78, 5) is 47.8. The van der Waals surface area contributed by atoms with Crippen molar-refractivity contribution in [1.29, 1.82) is 0 Å². The number of fused-ring (bicyclic) bond motifs is 1. The zero-order valence-electron chi connectivity index (χ0n) is 45.4. The van der Waals surface area contributed by atoms with E-state index in [2.05, 4.69) is 56.0 Å². The normalized spacial score (nSPS) is 12.1. The summed E-state index contributed by atoms with van der Waals surface area (Å²) in [5.41, 5.74) is 5.57. The third-order valence-electron chi connectivity index (χ3n) is 11.9. The Morgan fingerprint density at radius 3 is 2.02 bits per heavy atom. The van der Waals surface area contributed by atoms with Crippen molar-refractivity contribution >= 4 is 76.8 Å². The number of H-pyrrole nitrogens is 1. The summed E-state index contributed by atoms with van der Waals surface area (Å²) < 4.78 is 106. The van der Waals surface area contributed by atoms with Crippen LogP contribution in [0.15, 0.2) is 148 Å². The van der Waals surface area contributed by atoms with Gasteiger partial charge < -0.3 is 40.3 Å². The largest absolute Gasteiger partial charge is 0.480 e. The Hall–Kier alpha value is -8.00. The Bertz CT molecular complexity index is 3570. The van der Waals surface area contributed by atoms with E-state index in [0.717, 1.165) is 18.4 Å². The van der Waals surface area contributed by atoms with Gasteiger partial charge in [-0.25, -0.2) is 31.5 Å². The third kappa shape index (κ3) is 20.4. The van der Waals surface area contributed by atoms with Crippen molar-refractivity contribution in [2.45, 2.75) is 60.4 Å². The predicted molar refractivity (Wildman–Crippen MR) is 310 cm³/mol. The molecule has 0 radical (unpaired) electrons. The molecule has 0 spiro atoms. The molecule has 9 N–H and O–H groups in total. The van der Waals surface area contributed by atoms with Crippen LogP contribution in [0.1, 0.15) is 59.4 Å². The zero-order valence-corrected chi connectivity index (χ0v) is 47.9. The second-order valence-corrected chi connectivity index (χ2v) is 22.7. The summed E-state index contributed by atoms with van der Waals surface area (Å²) in [6.07, 6.45) is 9.67. The van der Waals surface area contributed by atoms with E-state index in [1.54, 1.807) is 67.1 Å². The summed E-state index contributed by atoms with van der Waals surface area (Å²) in [6.45, 7) is 8.46. The lowest BCUT2D eigenvalue weighted by molar-refractivity contribution is -0.138. The summed E-state index contributed by atoms with van der Waals surface area (Å²) in [5.74, 6) is -1.24. The number of hydrazone groups is 1. The summed E-state index contributed by atoms with van der Waals surface area (Å²) in [6, 6.07) is 24.1. The van der Waals surface area contributed by atoms with Gasteiger partial charge in [-0.3, -0.25) is 29.0 Å². The highest BCUT2D eigenvalue weighted by molar-refractivity contribution is 7.89. The molecule has 0 aliphatic heterocycles. The number of benzene rings is 4. The molecule has 0 aliphatic rings. The first-order valence-corrected chi connectivity index (χ1v) is 30.5. The Kier molecular flexibility index (Phi) is 24.7. The van der Waals surface area contributed by atoms with E-state index in [1.165, 1.54) is 67.0 Å². The maximum Gasteiger partial charge on any atom is 0.323 e. The molecule has 0 aliphatic carbocycles. The van der Waals surface area contributed by atoms with Crippen LogP contribution < -0.4 is 30.8 Å². The minimum absolute atomic E-state index is 0.0713. The van der Waals surface area contributed by atoms with Gasteiger partial charge in [0, 0.05) is 94.3 Å². The van der Waals surface area contributed by atoms with E-state index < -0.39 is 54.6 Å². The SMILES string of the molecule is CCOCCCNC(=O)c1ccc(N/N=C/c2ccccc2S(=O)(=O)O)nc1.CCOCCOCCCNS(=O)(=O)c1ccc(-c2ccc(S(=O)(=O)NC(CNC(=O)c3ccc4c(cnn4CCCNc4ncc[nH]4)c3)C(=O)O)cc2)cc1. The van der Waals surface area contributed by atoms with E-state index in [4.69, 9.17) is 14.2 Å². The van der Waals surface area contributed by atoms with Gasteiger partial charge >= 0.3 is 5.97 Å². The van der Waals surface area contributed by atoms with Crippen LogP contribution in [-0.4, -0.2) is 156 Å². The lowest BCUT2D eigenvalue weighted by Crippen LogP contribution is -2.48. The number of aromatic amines is 1. The number of sulfonamides is 2. The molecule has 444 valence electrons. The number of carboxylic acids is 1. The van der Waals surface area contributed by atoms with Crippen LogP contribution in [-0.2, 0) is 55.7 Å². The van der Waals surface area contributed by atoms with E-state index in [-0.39, 0.29) is 38.3 Å². The number of aliphatic carboxylic acids is 1. The Morgan fingerprint density at radius 2 is 1.36 bits per heavy atom. The average Bonchev–Trinajstić information content (AvgIpc) is 4.40. The lowest BCUT2D eigenvalue weighted by atomic mass is 10.1. The van der Waals surface area contributed by atoms with Crippen molar-refractivity contribution in [3.63, 3.8) is 0 Å². The van der Waals surface area contributed by atoms with Crippen molar-refractivity contribution in [2.24, 2.45) is 5.10 Å². The molecule has 7 rings (SSSR count). The van der Waals surface area contributed by atoms with Gasteiger partial charge in [-0.15, -0.1) is 0 Å². The highest BCUT2D eigenvalue weighted by Gasteiger charge is 2.27. The quantitative estimate of drug-likeness (QED) is 0.0116. The molecule has 0 saturated carbocycles. The fraction of sp³-hybridized carbons (Fsp3) is 0.315. The van der Waals surface area contributed by atoms with Crippen LogP contribution in [0.3, 0.4) is 0 Å². The molecule has 26 nitrogen and oxygen atoms in total. The van der Waals surface area contributed by atoms with Crippen molar-refractivity contribution in [3.8, 4) is 11.1 Å². The van der Waals surface area contributed by atoms with Crippen LogP contribution >= 0.6 is 0 Å².